The maximum atomic E-state index is 11.6. The molecule has 1 heterocycles. The van der Waals surface area contributed by atoms with E-state index >= 15 is 0 Å². The maximum absolute atomic E-state index is 11.6. The number of hydrogen-bond donors (Lipinski definition) is 2. The Labute approximate surface area is 125 Å². The second-order valence-corrected chi connectivity index (χ2v) is 5.21. The number of anilines is 1. The monoisotopic (exact) mass is 305 g/mol. The zero-order valence-electron chi connectivity index (χ0n) is 11.4. The summed E-state index contributed by atoms with van der Waals surface area (Å²) < 4.78 is 5.07. The minimum atomic E-state index is -0.767. The first kappa shape index (κ1) is 15.1. The molecule has 0 saturated heterocycles. The Hall–Kier alpha value is -2.25. The van der Waals surface area contributed by atoms with Crippen molar-refractivity contribution in [3.05, 3.63) is 47.0 Å². The fourth-order valence-corrected chi connectivity index (χ4v) is 2.27. The van der Waals surface area contributed by atoms with Gasteiger partial charge in [0.15, 0.2) is 10.9 Å². The molecule has 0 radical (unpaired) electrons. The first-order valence-corrected chi connectivity index (χ1v) is 7.13. The molecule has 1 amide bonds. The second kappa shape index (κ2) is 6.96. The van der Waals surface area contributed by atoms with Crippen molar-refractivity contribution in [2.45, 2.75) is 19.6 Å². The molecule has 1 aromatic heterocycles. The van der Waals surface area contributed by atoms with Gasteiger partial charge >= 0.3 is 6.09 Å². The first-order valence-electron chi connectivity index (χ1n) is 6.25. The molecule has 21 heavy (non-hydrogen) atoms. The number of nitrogens with one attached hydrogen (secondary N) is 1. The van der Waals surface area contributed by atoms with Crippen molar-refractivity contribution in [3.8, 4) is 0 Å². The molecule has 0 spiro atoms. The molecule has 3 N–H and O–H groups in total. The van der Waals surface area contributed by atoms with Crippen LogP contribution >= 0.6 is 11.3 Å². The number of amides is 1. The van der Waals surface area contributed by atoms with E-state index in [9.17, 15) is 9.59 Å². The molecule has 0 aliphatic heterocycles. The first-order chi connectivity index (χ1) is 10.1. The fraction of sp³-hybridized carbons (Fsp3) is 0.214. The number of carbonyl (C=O) groups excluding carboxylic acids is 2. The van der Waals surface area contributed by atoms with Crippen LogP contribution in [-0.4, -0.2) is 16.9 Å². The zero-order valence-corrected chi connectivity index (χ0v) is 12.2. The lowest BCUT2D eigenvalue weighted by molar-refractivity contribution is -0.118. The van der Waals surface area contributed by atoms with Gasteiger partial charge in [0.25, 0.3) is 0 Å². The van der Waals surface area contributed by atoms with Gasteiger partial charge in [-0.1, -0.05) is 30.3 Å². The van der Waals surface area contributed by atoms with Crippen LogP contribution in [-0.2, 0) is 16.1 Å². The highest BCUT2D eigenvalue weighted by atomic mass is 32.1. The number of nitrogens with two attached hydrogens (primary N) is 1. The average molecular weight is 305 g/mol. The Morgan fingerprint density at radius 3 is 2.76 bits per heavy atom. The third-order valence-corrected chi connectivity index (χ3v) is 3.48. The van der Waals surface area contributed by atoms with Crippen molar-refractivity contribution in [1.82, 2.24) is 4.98 Å². The van der Waals surface area contributed by atoms with Crippen molar-refractivity contribution in [2.24, 2.45) is 5.73 Å². The highest BCUT2D eigenvalue weighted by molar-refractivity contribution is 7.13. The summed E-state index contributed by atoms with van der Waals surface area (Å²) >= 11 is 1.19. The summed E-state index contributed by atoms with van der Waals surface area (Å²) in [6.07, 6.45) is -0.601. The van der Waals surface area contributed by atoms with E-state index in [1.165, 1.54) is 18.3 Å². The zero-order chi connectivity index (χ0) is 15.2. The molecule has 1 unspecified atom stereocenters. The average Bonchev–Trinajstić information content (AvgIpc) is 2.93. The summed E-state index contributed by atoms with van der Waals surface area (Å²) in [7, 11) is 0. The normalized spacial score (nSPS) is 11.7. The fourth-order valence-electron chi connectivity index (χ4n) is 1.54. The minimum Gasteiger partial charge on any atom is -0.444 e. The third-order valence-electron chi connectivity index (χ3n) is 2.70. The summed E-state index contributed by atoms with van der Waals surface area (Å²) in [6, 6.07) is 8.58. The second-order valence-electron chi connectivity index (χ2n) is 4.35. The molecular formula is C14H15N3O3S. The van der Waals surface area contributed by atoms with E-state index in [4.69, 9.17) is 10.5 Å². The summed E-state index contributed by atoms with van der Waals surface area (Å²) in [5, 5.41) is 4.49. The van der Waals surface area contributed by atoms with E-state index in [1.807, 2.05) is 30.3 Å². The maximum Gasteiger partial charge on any atom is 0.413 e. The van der Waals surface area contributed by atoms with Crippen LogP contribution in [0.4, 0.5) is 9.93 Å². The number of rotatable bonds is 5. The highest BCUT2D eigenvalue weighted by Crippen LogP contribution is 2.20. The largest absolute Gasteiger partial charge is 0.444 e. The van der Waals surface area contributed by atoms with E-state index in [0.29, 0.717) is 10.8 Å². The van der Waals surface area contributed by atoms with Gasteiger partial charge in [0, 0.05) is 5.38 Å². The number of ketones is 1. The van der Waals surface area contributed by atoms with Crippen LogP contribution in [0.3, 0.4) is 0 Å². The summed E-state index contributed by atoms with van der Waals surface area (Å²) in [4.78, 5) is 26.9. The Bertz CT molecular complexity index is 627. The predicted molar refractivity (Wildman–Crippen MR) is 80.0 cm³/mol. The number of Topliss-reactive ketones (excluding diaryl/α,β-unsaturated/α-hetero) is 1. The van der Waals surface area contributed by atoms with Crippen LogP contribution in [0.15, 0.2) is 35.7 Å². The number of aromatic nitrogens is 1. The van der Waals surface area contributed by atoms with Gasteiger partial charge in [0.05, 0.1) is 5.69 Å². The number of hydrogen-bond acceptors (Lipinski definition) is 6. The van der Waals surface area contributed by atoms with Crippen LogP contribution in [0.25, 0.3) is 0 Å². The van der Waals surface area contributed by atoms with E-state index in [1.54, 1.807) is 5.38 Å². The Kier molecular flexibility index (Phi) is 5.02. The quantitative estimate of drug-likeness (QED) is 0.885. The number of ether oxygens (including phenoxy) is 1. The van der Waals surface area contributed by atoms with Crippen molar-refractivity contribution in [2.75, 3.05) is 5.32 Å². The van der Waals surface area contributed by atoms with Crippen molar-refractivity contribution in [3.63, 3.8) is 0 Å². The molecule has 2 rings (SSSR count). The number of thiazole rings is 1. The molecule has 0 fully saturated rings. The summed E-state index contributed by atoms with van der Waals surface area (Å²) in [6.45, 7) is 1.57. The van der Waals surface area contributed by atoms with Gasteiger partial charge in [0.2, 0.25) is 0 Å². The van der Waals surface area contributed by atoms with E-state index < -0.39 is 12.1 Å². The SMILES string of the molecule is CC(=O)C(N)c1csc(NC(=O)OCc2ccccc2)n1. The minimum absolute atomic E-state index is 0.178. The summed E-state index contributed by atoms with van der Waals surface area (Å²) in [5.74, 6) is -0.182. The van der Waals surface area contributed by atoms with Crippen LogP contribution in [0.5, 0.6) is 0 Å². The van der Waals surface area contributed by atoms with Gasteiger partial charge in [-0.2, -0.15) is 0 Å². The van der Waals surface area contributed by atoms with Gasteiger partial charge in [0.1, 0.15) is 12.6 Å². The molecule has 0 aliphatic rings. The van der Waals surface area contributed by atoms with Crippen molar-refractivity contribution < 1.29 is 14.3 Å². The standard InChI is InChI=1S/C14H15N3O3S/c1-9(18)12(15)11-8-21-13(16-11)17-14(19)20-7-10-5-3-2-4-6-10/h2-6,8,12H,7,15H2,1H3,(H,16,17,19). The molecule has 6 nitrogen and oxygen atoms in total. The van der Waals surface area contributed by atoms with Gasteiger partial charge in [-0.05, 0) is 12.5 Å². The third kappa shape index (κ3) is 4.37. The lowest BCUT2D eigenvalue weighted by Gasteiger charge is -2.05. The van der Waals surface area contributed by atoms with E-state index in [-0.39, 0.29) is 12.4 Å². The van der Waals surface area contributed by atoms with Gasteiger partial charge in [-0.15, -0.1) is 11.3 Å². The molecule has 0 saturated carbocycles. The number of benzene rings is 1. The highest BCUT2D eigenvalue weighted by Gasteiger charge is 2.16. The van der Waals surface area contributed by atoms with Crippen molar-refractivity contribution >= 4 is 28.3 Å². The van der Waals surface area contributed by atoms with Crippen LogP contribution in [0.1, 0.15) is 24.2 Å². The van der Waals surface area contributed by atoms with Crippen LogP contribution in [0, 0.1) is 0 Å². The lowest BCUT2D eigenvalue weighted by atomic mass is 10.2. The molecule has 7 heteroatoms. The molecule has 1 aromatic carbocycles. The molecule has 0 aliphatic carbocycles. The molecule has 1 atom stereocenters. The van der Waals surface area contributed by atoms with E-state index in [2.05, 4.69) is 10.3 Å². The van der Waals surface area contributed by atoms with Crippen molar-refractivity contribution in [1.29, 1.82) is 0 Å². The Morgan fingerprint density at radius 1 is 1.38 bits per heavy atom. The lowest BCUT2D eigenvalue weighted by Crippen LogP contribution is -2.19. The van der Waals surface area contributed by atoms with Gasteiger partial charge in [-0.3, -0.25) is 10.1 Å². The topological polar surface area (TPSA) is 94.3 Å². The van der Waals surface area contributed by atoms with Crippen LogP contribution < -0.4 is 11.1 Å². The molecule has 0 bridgehead atoms. The molecule has 2 aromatic rings. The Balaban J connectivity index is 1.87. The molecule has 110 valence electrons. The predicted octanol–water partition coefficient (Wildman–Crippen LogP) is 2.48. The van der Waals surface area contributed by atoms with Gasteiger partial charge in [-0.25, -0.2) is 9.78 Å². The van der Waals surface area contributed by atoms with E-state index in [0.717, 1.165) is 5.56 Å². The Morgan fingerprint density at radius 2 is 2.10 bits per heavy atom. The summed E-state index contributed by atoms with van der Waals surface area (Å²) in [5.41, 5.74) is 7.00. The van der Waals surface area contributed by atoms with Gasteiger partial charge < -0.3 is 10.5 Å². The number of nitrogens with zero attached hydrogens (tertiary/aromatic N) is 1. The smallest absolute Gasteiger partial charge is 0.413 e. The number of carbonyl (C=O) groups is 2. The van der Waals surface area contributed by atoms with Crippen LogP contribution in [0.2, 0.25) is 0 Å². The molecular weight excluding hydrogens is 290 g/mol.